The number of nitrogens with zero attached hydrogens (tertiary/aromatic N) is 2. The molecular weight excluding hydrogens is 234 g/mol. The van der Waals surface area contributed by atoms with Crippen LogP contribution in [0.1, 0.15) is 50.8 Å². The minimum atomic E-state index is 0.441. The maximum absolute atomic E-state index is 5.98. The average Bonchev–Trinajstić information content (AvgIpc) is 2.43. The minimum Gasteiger partial charge on any atom is -0.328 e. The van der Waals surface area contributed by atoms with E-state index in [9.17, 15) is 0 Å². The van der Waals surface area contributed by atoms with Gasteiger partial charge in [0, 0.05) is 18.8 Å². The molecule has 106 valence electrons. The zero-order valence-corrected chi connectivity index (χ0v) is 12.3. The van der Waals surface area contributed by atoms with E-state index in [1.165, 1.54) is 37.9 Å². The van der Waals surface area contributed by atoms with Crippen LogP contribution in [0.5, 0.6) is 0 Å². The molecule has 1 fully saturated rings. The Hall–Kier alpha value is -0.930. The van der Waals surface area contributed by atoms with Gasteiger partial charge < -0.3 is 5.73 Å². The second kappa shape index (κ2) is 7.01. The Balaban J connectivity index is 1.92. The van der Waals surface area contributed by atoms with Gasteiger partial charge in [-0.2, -0.15) is 0 Å². The molecule has 0 radical (unpaired) electrons. The third-order valence-corrected chi connectivity index (χ3v) is 4.39. The van der Waals surface area contributed by atoms with Gasteiger partial charge in [0.05, 0.1) is 11.7 Å². The van der Waals surface area contributed by atoms with Crippen LogP contribution in [-0.4, -0.2) is 29.5 Å². The predicted octanol–water partition coefficient (Wildman–Crippen LogP) is 2.98. The second-order valence-corrected chi connectivity index (χ2v) is 5.90. The molecule has 1 saturated carbocycles. The maximum Gasteiger partial charge on any atom is 0.0575 e. The van der Waals surface area contributed by atoms with E-state index in [4.69, 9.17) is 5.73 Å². The van der Waals surface area contributed by atoms with Gasteiger partial charge in [0.15, 0.2) is 0 Å². The first kappa shape index (κ1) is 14.5. The quantitative estimate of drug-likeness (QED) is 0.886. The Kier molecular flexibility index (Phi) is 5.34. The lowest BCUT2D eigenvalue weighted by Crippen LogP contribution is -2.34. The highest BCUT2D eigenvalue weighted by molar-refractivity contribution is 5.08. The van der Waals surface area contributed by atoms with Gasteiger partial charge in [0.25, 0.3) is 0 Å². The standard InChI is InChI=1S/C16H27N3/c1-3-16(15-6-4-5-11-18-15)19(2)12-13-7-9-14(17)10-8-13/h4-6,11,13-14,16H,3,7-10,12,17H2,1-2H3/t13?,14?,16-/m0/s1. The highest BCUT2D eigenvalue weighted by Gasteiger charge is 2.23. The van der Waals surface area contributed by atoms with E-state index in [0.717, 1.165) is 12.3 Å². The van der Waals surface area contributed by atoms with Crippen molar-refractivity contribution in [1.29, 1.82) is 0 Å². The van der Waals surface area contributed by atoms with E-state index in [1.807, 2.05) is 12.3 Å². The molecule has 0 aromatic carbocycles. The van der Waals surface area contributed by atoms with Gasteiger partial charge in [-0.25, -0.2) is 0 Å². The van der Waals surface area contributed by atoms with Crippen molar-refractivity contribution in [3.8, 4) is 0 Å². The van der Waals surface area contributed by atoms with Crippen LogP contribution in [0.3, 0.4) is 0 Å². The molecule has 1 atom stereocenters. The van der Waals surface area contributed by atoms with Gasteiger partial charge in [0.1, 0.15) is 0 Å². The lowest BCUT2D eigenvalue weighted by atomic mass is 9.86. The van der Waals surface area contributed by atoms with Crippen LogP contribution < -0.4 is 5.73 Å². The molecule has 1 aromatic rings. The van der Waals surface area contributed by atoms with Crippen LogP contribution in [0.15, 0.2) is 24.4 Å². The number of aromatic nitrogens is 1. The second-order valence-electron chi connectivity index (χ2n) is 5.90. The van der Waals surface area contributed by atoms with Gasteiger partial charge in [-0.1, -0.05) is 13.0 Å². The molecule has 0 bridgehead atoms. The first-order valence-corrected chi connectivity index (χ1v) is 7.57. The fraction of sp³-hybridized carbons (Fsp3) is 0.688. The Morgan fingerprint density at radius 3 is 2.63 bits per heavy atom. The van der Waals surface area contributed by atoms with Crippen LogP contribution in [0.25, 0.3) is 0 Å². The Labute approximate surface area is 117 Å². The molecule has 1 aliphatic carbocycles. The van der Waals surface area contributed by atoms with Crippen LogP contribution in [0, 0.1) is 5.92 Å². The number of pyridine rings is 1. The molecule has 2 rings (SSSR count). The van der Waals surface area contributed by atoms with Gasteiger partial charge in [-0.3, -0.25) is 9.88 Å². The molecule has 0 saturated heterocycles. The van der Waals surface area contributed by atoms with Crippen molar-refractivity contribution in [3.63, 3.8) is 0 Å². The number of rotatable bonds is 5. The largest absolute Gasteiger partial charge is 0.328 e. The van der Waals surface area contributed by atoms with Crippen LogP contribution in [-0.2, 0) is 0 Å². The highest BCUT2D eigenvalue weighted by Crippen LogP contribution is 2.27. The van der Waals surface area contributed by atoms with E-state index in [1.54, 1.807) is 0 Å². The lowest BCUT2D eigenvalue weighted by molar-refractivity contribution is 0.171. The summed E-state index contributed by atoms with van der Waals surface area (Å²) in [5.41, 5.74) is 7.18. The molecule has 0 unspecified atom stereocenters. The van der Waals surface area contributed by atoms with Crippen molar-refractivity contribution in [1.82, 2.24) is 9.88 Å². The van der Waals surface area contributed by atoms with Gasteiger partial charge in [-0.15, -0.1) is 0 Å². The summed E-state index contributed by atoms with van der Waals surface area (Å²) in [5, 5.41) is 0. The number of hydrogen-bond acceptors (Lipinski definition) is 3. The summed E-state index contributed by atoms with van der Waals surface area (Å²) in [7, 11) is 2.23. The Morgan fingerprint density at radius 2 is 2.05 bits per heavy atom. The van der Waals surface area contributed by atoms with E-state index in [2.05, 4.69) is 36.0 Å². The summed E-state index contributed by atoms with van der Waals surface area (Å²) in [4.78, 5) is 6.99. The van der Waals surface area contributed by atoms with Crippen molar-refractivity contribution < 1.29 is 0 Å². The molecule has 19 heavy (non-hydrogen) atoms. The molecule has 0 aliphatic heterocycles. The molecule has 2 N–H and O–H groups in total. The lowest BCUT2D eigenvalue weighted by Gasteiger charge is -2.33. The fourth-order valence-electron chi connectivity index (χ4n) is 3.23. The van der Waals surface area contributed by atoms with E-state index in [0.29, 0.717) is 12.1 Å². The zero-order chi connectivity index (χ0) is 13.7. The van der Waals surface area contributed by atoms with Crippen molar-refractivity contribution >= 4 is 0 Å². The molecule has 3 heteroatoms. The minimum absolute atomic E-state index is 0.441. The number of nitrogens with two attached hydrogens (primary N) is 1. The third kappa shape index (κ3) is 4.02. The van der Waals surface area contributed by atoms with Crippen molar-refractivity contribution in [2.45, 2.75) is 51.1 Å². The SMILES string of the molecule is CC[C@@H](c1ccccn1)N(C)CC1CCC(N)CC1. The summed E-state index contributed by atoms with van der Waals surface area (Å²) < 4.78 is 0. The molecule has 0 amide bonds. The summed E-state index contributed by atoms with van der Waals surface area (Å²) in [6.07, 6.45) is 7.96. The monoisotopic (exact) mass is 261 g/mol. The molecule has 0 spiro atoms. The number of hydrogen-bond donors (Lipinski definition) is 1. The molecule has 3 nitrogen and oxygen atoms in total. The highest BCUT2D eigenvalue weighted by atomic mass is 15.1. The van der Waals surface area contributed by atoms with Gasteiger partial charge in [-0.05, 0) is 57.2 Å². The van der Waals surface area contributed by atoms with Crippen molar-refractivity contribution in [2.24, 2.45) is 11.7 Å². The summed E-state index contributed by atoms with van der Waals surface area (Å²) in [6, 6.07) is 7.09. The van der Waals surface area contributed by atoms with E-state index < -0.39 is 0 Å². The zero-order valence-electron chi connectivity index (χ0n) is 12.3. The van der Waals surface area contributed by atoms with E-state index in [-0.39, 0.29) is 0 Å². The molecular formula is C16H27N3. The van der Waals surface area contributed by atoms with Gasteiger partial charge in [0.2, 0.25) is 0 Å². The van der Waals surface area contributed by atoms with Crippen LogP contribution in [0.2, 0.25) is 0 Å². The molecule has 1 aliphatic rings. The van der Waals surface area contributed by atoms with Gasteiger partial charge >= 0.3 is 0 Å². The fourth-order valence-corrected chi connectivity index (χ4v) is 3.23. The first-order valence-electron chi connectivity index (χ1n) is 7.57. The maximum atomic E-state index is 5.98. The molecule has 1 aromatic heterocycles. The Morgan fingerprint density at radius 1 is 1.32 bits per heavy atom. The Bertz CT molecular complexity index is 358. The van der Waals surface area contributed by atoms with Crippen molar-refractivity contribution in [3.05, 3.63) is 30.1 Å². The van der Waals surface area contributed by atoms with Crippen LogP contribution >= 0.6 is 0 Å². The summed E-state index contributed by atoms with van der Waals surface area (Å²) >= 11 is 0. The third-order valence-electron chi connectivity index (χ3n) is 4.39. The summed E-state index contributed by atoms with van der Waals surface area (Å²) in [6.45, 7) is 3.41. The van der Waals surface area contributed by atoms with Crippen LogP contribution in [0.4, 0.5) is 0 Å². The molecule has 1 heterocycles. The van der Waals surface area contributed by atoms with E-state index >= 15 is 0 Å². The normalized spacial score (nSPS) is 25.5. The average molecular weight is 261 g/mol. The predicted molar refractivity (Wildman–Crippen MR) is 79.8 cm³/mol. The first-order chi connectivity index (χ1) is 9.20. The smallest absolute Gasteiger partial charge is 0.0575 e. The summed E-state index contributed by atoms with van der Waals surface area (Å²) in [5.74, 6) is 0.808. The topological polar surface area (TPSA) is 42.2 Å². The van der Waals surface area contributed by atoms with Crippen molar-refractivity contribution in [2.75, 3.05) is 13.6 Å².